The average Bonchev–Trinajstić information content (AvgIpc) is 2.71. The van der Waals surface area contributed by atoms with Crippen molar-refractivity contribution in [1.29, 1.82) is 0 Å². The highest BCUT2D eigenvalue weighted by Gasteiger charge is 2.31. The highest BCUT2D eigenvalue weighted by atomic mass is 19.4. The predicted octanol–water partition coefficient (Wildman–Crippen LogP) is 6.21. The van der Waals surface area contributed by atoms with Crippen molar-refractivity contribution >= 4 is 6.09 Å². The van der Waals surface area contributed by atoms with E-state index in [0.717, 1.165) is 56.8 Å². The molecule has 0 atom stereocenters. The molecule has 7 heteroatoms. The summed E-state index contributed by atoms with van der Waals surface area (Å²) in [6.07, 6.45) is 4.09. The molecule has 2 rings (SSSR count). The Bertz CT molecular complexity index is 641. The maximum atomic E-state index is 12.6. The van der Waals surface area contributed by atoms with Gasteiger partial charge in [0.25, 0.3) is 0 Å². The van der Waals surface area contributed by atoms with Crippen LogP contribution >= 0.6 is 0 Å². The Morgan fingerprint density at radius 3 is 2.23 bits per heavy atom. The number of carbonyl (C=O) groups excluding carboxylic acids is 1. The van der Waals surface area contributed by atoms with Crippen molar-refractivity contribution in [2.24, 2.45) is 5.92 Å². The summed E-state index contributed by atoms with van der Waals surface area (Å²) in [5.41, 5.74) is -0.758. The molecule has 0 spiro atoms. The van der Waals surface area contributed by atoms with E-state index in [1.807, 2.05) is 0 Å². The molecule has 4 nitrogen and oxygen atoms in total. The molecule has 0 unspecified atom stereocenters. The number of carbonyl (C=O) groups is 1. The standard InChI is InChI=1S/C23H35F3N2O2/c1-4-16-27(2)17-6-5-7-18-8-12-20(13-9-18)28(3)22(29)30-21-14-10-19(11-15-21)23(24,25)26/h10-11,14-15,18,20H,4-9,12-13,16-17H2,1-3H3. The van der Waals surface area contributed by atoms with Crippen LogP contribution in [0.1, 0.15) is 63.9 Å². The fourth-order valence-corrected chi connectivity index (χ4v) is 4.16. The first-order valence-corrected chi connectivity index (χ1v) is 11.0. The minimum Gasteiger partial charge on any atom is -0.410 e. The van der Waals surface area contributed by atoms with Crippen molar-refractivity contribution in [2.75, 3.05) is 27.2 Å². The molecule has 0 bridgehead atoms. The first-order chi connectivity index (χ1) is 14.2. The number of hydrogen-bond acceptors (Lipinski definition) is 3. The fraction of sp³-hybridized carbons (Fsp3) is 0.696. The summed E-state index contributed by atoms with van der Waals surface area (Å²) < 4.78 is 43.2. The van der Waals surface area contributed by atoms with Crippen LogP contribution in [-0.2, 0) is 6.18 Å². The Kier molecular flexibility index (Phi) is 9.46. The number of hydrogen-bond donors (Lipinski definition) is 0. The van der Waals surface area contributed by atoms with Crippen molar-refractivity contribution in [3.05, 3.63) is 29.8 Å². The molecule has 1 fully saturated rings. The van der Waals surface area contributed by atoms with Gasteiger partial charge in [-0.3, -0.25) is 0 Å². The molecule has 0 N–H and O–H groups in total. The SMILES string of the molecule is CCCN(C)CCCCC1CCC(N(C)C(=O)Oc2ccc(C(F)(F)F)cc2)CC1. The lowest BCUT2D eigenvalue weighted by molar-refractivity contribution is -0.137. The van der Waals surface area contributed by atoms with E-state index in [-0.39, 0.29) is 11.8 Å². The summed E-state index contributed by atoms with van der Waals surface area (Å²) in [5.74, 6) is 0.846. The number of halogens is 3. The van der Waals surface area contributed by atoms with Crippen molar-refractivity contribution in [3.8, 4) is 5.75 Å². The van der Waals surface area contributed by atoms with Gasteiger partial charge in [-0.1, -0.05) is 19.8 Å². The van der Waals surface area contributed by atoms with Crippen molar-refractivity contribution < 1.29 is 22.7 Å². The van der Waals surface area contributed by atoms with Crippen LogP contribution in [0.4, 0.5) is 18.0 Å². The molecule has 30 heavy (non-hydrogen) atoms. The Hall–Kier alpha value is -1.76. The van der Waals surface area contributed by atoms with Gasteiger partial charge in [-0.05, 0) is 88.8 Å². The molecule has 1 aromatic rings. The third-order valence-corrected chi connectivity index (χ3v) is 6.05. The van der Waals surface area contributed by atoms with E-state index in [1.54, 1.807) is 11.9 Å². The number of ether oxygens (including phenoxy) is 1. The zero-order valence-corrected chi connectivity index (χ0v) is 18.4. The Labute approximate surface area is 178 Å². The molecule has 0 aromatic heterocycles. The highest BCUT2D eigenvalue weighted by molar-refractivity contribution is 5.70. The molecule has 170 valence electrons. The van der Waals surface area contributed by atoms with Crippen LogP contribution < -0.4 is 4.74 Å². The van der Waals surface area contributed by atoms with E-state index < -0.39 is 17.8 Å². The van der Waals surface area contributed by atoms with E-state index in [9.17, 15) is 18.0 Å². The Morgan fingerprint density at radius 2 is 1.67 bits per heavy atom. The molecule has 1 amide bonds. The van der Waals surface area contributed by atoms with Gasteiger partial charge < -0.3 is 14.5 Å². The largest absolute Gasteiger partial charge is 0.416 e. The highest BCUT2D eigenvalue weighted by Crippen LogP contribution is 2.32. The number of rotatable bonds is 9. The van der Waals surface area contributed by atoms with Crippen molar-refractivity contribution in [2.45, 2.75) is 70.5 Å². The minimum atomic E-state index is -4.40. The summed E-state index contributed by atoms with van der Waals surface area (Å²) >= 11 is 0. The molecular weight excluding hydrogens is 393 g/mol. The molecule has 0 saturated heterocycles. The lowest BCUT2D eigenvalue weighted by Gasteiger charge is -2.34. The Morgan fingerprint density at radius 1 is 1.03 bits per heavy atom. The molecule has 1 aliphatic carbocycles. The molecule has 1 saturated carbocycles. The van der Waals surface area contributed by atoms with Gasteiger partial charge >= 0.3 is 12.3 Å². The van der Waals surface area contributed by atoms with Crippen LogP contribution in [0, 0.1) is 5.92 Å². The van der Waals surface area contributed by atoms with Gasteiger partial charge in [-0.15, -0.1) is 0 Å². The Balaban J connectivity index is 1.70. The van der Waals surface area contributed by atoms with Crippen LogP contribution in [0.25, 0.3) is 0 Å². The van der Waals surface area contributed by atoms with Gasteiger partial charge in [-0.25, -0.2) is 4.79 Å². The summed E-state index contributed by atoms with van der Waals surface area (Å²) in [5, 5.41) is 0. The van der Waals surface area contributed by atoms with Crippen molar-refractivity contribution in [3.63, 3.8) is 0 Å². The lowest BCUT2D eigenvalue weighted by atomic mass is 9.82. The van der Waals surface area contributed by atoms with Gasteiger partial charge in [0.05, 0.1) is 5.56 Å². The number of alkyl halides is 3. The van der Waals surface area contributed by atoms with E-state index >= 15 is 0 Å². The molecular formula is C23H35F3N2O2. The minimum absolute atomic E-state index is 0.124. The van der Waals surface area contributed by atoms with Gasteiger partial charge in [0, 0.05) is 13.1 Å². The third-order valence-electron chi connectivity index (χ3n) is 6.05. The summed E-state index contributed by atoms with van der Waals surface area (Å²) in [6.45, 7) is 4.51. The van der Waals surface area contributed by atoms with E-state index in [0.29, 0.717) is 0 Å². The van der Waals surface area contributed by atoms with Crippen LogP contribution in [0.3, 0.4) is 0 Å². The number of amides is 1. The van der Waals surface area contributed by atoms with E-state index in [2.05, 4.69) is 18.9 Å². The van der Waals surface area contributed by atoms with Crippen LogP contribution in [0.2, 0.25) is 0 Å². The zero-order valence-electron chi connectivity index (χ0n) is 18.4. The molecule has 0 aliphatic heterocycles. The van der Waals surface area contributed by atoms with Gasteiger partial charge in [-0.2, -0.15) is 13.2 Å². The fourth-order valence-electron chi connectivity index (χ4n) is 4.16. The average molecular weight is 429 g/mol. The third kappa shape index (κ3) is 7.82. The second-order valence-corrected chi connectivity index (χ2v) is 8.47. The maximum absolute atomic E-state index is 12.6. The topological polar surface area (TPSA) is 32.8 Å². The summed E-state index contributed by atoms with van der Waals surface area (Å²) in [6, 6.07) is 4.34. The predicted molar refractivity (Wildman–Crippen MR) is 113 cm³/mol. The first-order valence-electron chi connectivity index (χ1n) is 11.0. The van der Waals surface area contributed by atoms with Crippen LogP contribution in [0.15, 0.2) is 24.3 Å². The summed E-state index contributed by atoms with van der Waals surface area (Å²) in [7, 11) is 3.88. The number of unbranched alkanes of at least 4 members (excludes halogenated alkanes) is 1. The van der Waals surface area contributed by atoms with Gasteiger partial charge in [0.1, 0.15) is 5.75 Å². The first kappa shape index (κ1) is 24.5. The number of benzene rings is 1. The van der Waals surface area contributed by atoms with Crippen LogP contribution in [-0.4, -0.2) is 49.1 Å². The second-order valence-electron chi connectivity index (χ2n) is 8.47. The van der Waals surface area contributed by atoms with E-state index in [4.69, 9.17) is 4.74 Å². The van der Waals surface area contributed by atoms with E-state index in [1.165, 1.54) is 37.8 Å². The lowest BCUT2D eigenvalue weighted by Crippen LogP contribution is -2.41. The van der Waals surface area contributed by atoms with Gasteiger partial charge in [0.2, 0.25) is 0 Å². The molecule has 0 radical (unpaired) electrons. The van der Waals surface area contributed by atoms with Crippen molar-refractivity contribution in [1.82, 2.24) is 9.80 Å². The number of nitrogens with zero attached hydrogens (tertiary/aromatic N) is 2. The molecule has 1 aliphatic rings. The molecule has 1 aromatic carbocycles. The van der Waals surface area contributed by atoms with Gasteiger partial charge in [0.15, 0.2) is 0 Å². The molecule has 0 heterocycles. The van der Waals surface area contributed by atoms with Crippen LogP contribution in [0.5, 0.6) is 5.75 Å². The maximum Gasteiger partial charge on any atom is 0.416 e. The monoisotopic (exact) mass is 428 g/mol. The summed E-state index contributed by atoms with van der Waals surface area (Å²) in [4.78, 5) is 16.4. The zero-order chi connectivity index (χ0) is 22.1. The smallest absolute Gasteiger partial charge is 0.410 e. The second kappa shape index (κ2) is 11.6. The normalized spacial score (nSPS) is 19.7. The quantitative estimate of drug-likeness (QED) is 0.439.